The van der Waals surface area contributed by atoms with Crippen LogP contribution < -0.4 is 9.62 Å². The summed E-state index contributed by atoms with van der Waals surface area (Å²) in [5, 5.41) is 1.60. The number of rotatable bonds is 7. The van der Waals surface area contributed by atoms with Crippen LogP contribution in [-0.4, -0.2) is 35.7 Å². The van der Waals surface area contributed by atoms with Crippen LogP contribution in [0.5, 0.6) is 0 Å². The number of nitrogens with zero attached hydrogens (tertiary/aromatic N) is 1. The highest BCUT2D eigenvalue weighted by molar-refractivity contribution is 7.89. The largest absolute Gasteiger partial charge is 0.500 e. The summed E-state index contributed by atoms with van der Waals surface area (Å²) in [5.74, 6) is 0. The topological polar surface area (TPSA) is 58.6 Å². The highest BCUT2D eigenvalue weighted by Gasteiger charge is 2.17. The number of fused-ring (bicyclic) bond motifs is 1. The van der Waals surface area contributed by atoms with E-state index in [1.54, 1.807) is 12.1 Å². The third kappa shape index (κ3) is 3.40. The van der Waals surface area contributed by atoms with Gasteiger partial charge in [-0.3, -0.25) is 0 Å². The molecule has 0 aliphatic heterocycles. The van der Waals surface area contributed by atoms with Crippen molar-refractivity contribution in [3.63, 3.8) is 0 Å². The van der Waals surface area contributed by atoms with E-state index in [0.717, 1.165) is 11.1 Å². The SMILES string of the molecule is C=COCCNS(=O)(=O)c1cccc2c(N(C)C)cccc12. The molecule has 0 amide bonds. The van der Waals surface area contributed by atoms with Crippen molar-refractivity contribution in [3.05, 3.63) is 49.2 Å². The summed E-state index contributed by atoms with van der Waals surface area (Å²) in [4.78, 5) is 2.23. The van der Waals surface area contributed by atoms with E-state index in [-0.39, 0.29) is 18.0 Å². The van der Waals surface area contributed by atoms with E-state index >= 15 is 0 Å². The predicted octanol–water partition coefficient (Wildman–Crippen LogP) is 2.34. The monoisotopic (exact) mass is 320 g/mol. The van der Waals surface area contributed by atoms with E-state index in [0.29, 0.717) is 5.39 Å². The first-order chi connectivity index (χ1) is 10.5. The summed E-state index contributed by atoms with van der Waals surface area (Å²) in [7, 11) is 0.270. The first-order valence-electron chi connectivity index (χ1n) is 6.88. The molecule has 118 valence electrons. The van der Waals surface area contributed by atoms with Crippen molar-refractivity contribution in [2.45, 2.75) is 4.90 Å². The Balaban J connectivity index is 2.43. The standard InChI is InChI=1S/C16H20N2O3S/c1-4-21-12-11-17-22(19,20)16-10-6-7-13-14(16)8-5-9-15(13)18(2)3/h4-10,17H,1,11-12H2,2-3H3. The summed E-state index contributed by atoms with van der Waals surface area (Å²) in [6.07, 6.45) is 1.29. The van der Waals surface area contributed by atoms with Gasteiger partial charge in [0.05, 0.1) is 11.2 Å². The Hall–Kier alpha value is -2.05. The quantitative estimate of drug-likeness (QED) is 0.628. The molecule has 22 heavy (non-hydrogen) atoms. The van der Waals surface area contributed by atoms with Crippen molar-refractivity contribution >= 4 is 26.5 Å². The van der Waals surface area contributed by atoms with Crippen molar-refractivity contribution in [2.24, 2.45) is 0 Å². The number of ether oxygens (including phenoxy) is 1. The van der Waals surface area contributed by atoms with Gasteiger partial charge in [-0.25, -0.2) is 13.1 Å². The van der Waals surface area contributed by atoms with Gasteiger partial charge in [-0.2, -0.15) is 0 Å². The van der Waals surface area contributed by atoms with Crippen molar-refractivity contribution in [1.29, 1.82) is 0 Å². The molecule has 2 aromatic rings. The Bertz CT molecular complexity index is 770. The van der Waals surface area contributed by atoms with Crippen LogP contribution in [0, 0.1) is 0 Å². The van der Waals surface area contributed by atoms with Gasteiger partial charge in [0.15, 0.2) is 0 Å². The summed E-state index contributed by atoms with van der Waals surface area (Å²) in [5.41, 5.74) is 0.976. The molecule has 6 heteroatoms. The molecule has 0 heterocycles. The Labute approximate surface area is 131 Å². The Morgan fingerprint density at radius 2 is 1.86 bits per heavy atom. The fourth-order valence-electron chi connectivity index (χ4n) is 2.28. The van der Waals surface area contributed by atoms with Crippen LogP contribution >= 0.6 is 0 Å². The van der Waals surface area contributed by atoms with Gasteiger partial charge < -0.3 is 9.64 Å². The van der Waals surface area contributed by atoms with E-state index in [1.807, 2.05) is 43.3 Å². The molecule has 0 fully saturated rings. The average molecular weight is 320 g/mol. The van der Waals surface area contributed by atoms with Crippen LogP contribution in [0.2, 0.25) is 0 Å². The molecule has 0 radical (unpaired) electrons. The summed E-state index contributed by atoms with van der Waals surface area (Å²) >= 11 is 0. The second-order valence-corrected chi connectivity index (χ2v) is 6.69. The van der Waals surface area contributed by atoms with Gasteiger partial charge in [0.25, 0.3) is 0 Å². The van der Waals surface area contributed by atoms with Crippen LogP contribution in [0.1, 0.15) is 0 Å². The number of sulfonamides is 1. The molecule has 0 bridgehead atoms. The second-order valence-electron chi connectivity index (χ2n) is 4.96. The first kappa shape index (κ1) is 16.3. The summed E-state index contributed by atoms with van der Waals surface area (Å²) in [6, 6.07) is 10.9. The van der Waals surface area contributed by atoms with Gasteiger partial charge in [-0.05, 0) is 12.1 Å². The minimum atomic E-state index is -3.59. The maximum atomic E-state index is 12.5. The third-order valence-electron chi connectivity index (χ3n) is 3.26. The van der Waals surface area contributed by atoms with E-state index in [2.05, 4.69) is 11.3 Å². The summed E-state index contributed by atoms with van der Waals surface area (Å²) < 4.78 is 32.4. The van der Waals surface area contributed by atoms with Gasteiger partial charge >= 0.3 is 0 Å². The van der Waals surface area contributed by atoms with Crippen molar-refractivity contribution < 1.29 is 13.2 Å². The molecule has 2 rings (SSSR count). The van der Waals surface area contributed by atoms with Crippen LogP contribution in [-0.2, 0) is 14.8 Å². The fraction of sp³-hybridized carbons (Fsp3) is 0.250. The predicted molar refractivity (Wildman–Crippen MR) is 89.6 cm³/mol. The van der Waals surface area contributed by atoms with Crippen LogP contribution in [0.3, 0.4) is 0 Å². The molecule has 0 aromatic heterocycles. The number of hydrogen-bond acceptors (Lipinski definition) is 4. The molecule has 0 unspecified atom stereocenters. The molecular formula is C16H20N2O3S. The van der Waals surface area contributed by atoms with E-state index in [4.69, 9.17) is 4.74 Å². The minimum absolute atomic E-state index is 0.193. The Kier molecular flexibility index (Phi) is 5.05. The normalized spacial score (nSPS) is 11.4. The zero-order valence-corrected chi connectivity index (χ0v) is 13.6. The van der Waals surface area contributed by atoms with E-state index in [9.17, 15) is 8.42 Å². The molecule has 0 saturated carbocycles. The lowest BCUT2D eigenvalue weighted by Gasteiger charge is -2.17. The van der Waals surface area contributed by atoms with Crippen molar-refractivity contribution in [2.75, 3.05) is 32.1 Å². The molecule has 0 atom stereocenters. The molecule has 0 aliphatic rings. The average Bonchev–Trinajstić information content (AvgIpc) is 2.50. The van der Waals surface area contributed by atoms with E-state index in [1.165, 1.54) is 6.26 Å². The minimum Gasteiger partial charge on any atom is -0.500 e. The van der Waals surface area contributed by atoms with Crippen molar-refractivity contribution in [3.8, 4) is 0 Å². The van der Waals surface area contributed by atoms with Gasteiger partial charge in [0, 0.05) is 37.1 Å². The first-order valence-corrected chi connectivity index (χ1v) is 8.37. The van der Waals surface area contributed by atoms with Crippen LogP contribution in [0.25, 0.3) is 10.8 Å². The maximum Gasteiger partial charge on any atom is 0.241 e. The molecule has 1 N–H and O–H groups in total. The Morgan fingerprint density at radius 3 is 2.55 bits per heavy atom. The van der Waals surface area contributed by atoms with Crippen molar-refractivity contribution in [1.82, 2.24) is 4.72 Å². The zero-order chi connectivity index (χ0) is 16.2. The smallest absolute Gasteiger partial charge is 0.241 e. The van der Waals surface area contributed by atoms with Gasteiger partial charge in [-0.15, -0.1) is 0 Å². The highest BCUT2D eigenvalue weighted by Crippen LogP contribution is 2.29. The number of hydrogen-bond donors (Lipinski definition) is 1. The second kappa shape index (κ2) is 6.81. The number of anilines is 1. The highest BCUT2D eigenvalue weighted by atomic mass is 32.2. The maximum absolute atomic E-state index is 12.5. The molecule has 0 aliphatic carbocycles. The lowest BCUT2D eigenvalue weighted by atomic mass is 10.1. The molecule has 5 nitrogen and oxygen atoms in total. The summed E-state index contributed by atoms with van der Waals surface area (Å²) in [6.45, 7) is 3.85. The fourth-order valence-corrected chi connectivity index (χ4v) is 3.52. The van der Waals surface area contributed by atoms with Crippen LogP contribution in [0.4, 0.5) is 5.69 Å². The van der Waals surface area contributed by atoms with Gasteiger partial charge in [-0.1, -0.05) is 30.8 Å². The molecule has 0 saturated heterocycles. The van der Waals surface area contributed by atoms with Gasteiger partial charge in [0.1, 0.15) is 6.61 Å². The van der Waals surface area contributed by atoms with E-state index < -0.39 is 10.0 Å². The van der Waals surface area contributed by atoms with Gasteiger partial charge in [0.2, 0.25) is 10.0 Å². The molecule has 0 spiro atoms. The molecule has 2 aromatic carbocycles. The number of benzene rings is 2. The lowest BCUT2D eigenvalue weighted by Crippen LogP contribution is -2.27. The van der Waals surface area contributed by atoms with Crippen LogP contribution in [0.15, 0.2) is 54.1 Å². The number of nitrogens with one attached hydrogen (secondary N) is 1. The Morgan fingerprint density at radius 1 is 1.18 bits per heavy atom. The molecular weight excluding hydrogens is 300 g/mol. The third-order valence-corrected chi connectivity index (χ3v) is 4.78. The lowest BCUT2D eigenvalue weighted by molar-refractivity contribution is 0.257. The zero-order valence-electron chi connectivity index (χ0n) is 12.7.